The molecule has 6 aromatic heterocycles. The van der Waals surface area contributed by atoms with Crippen LogP contribution in [0.1, 0.15) is 102 Å². The van der Waals surface area contributed by atoms with Gasteiger partial charge >= 0.3 is 11.5 Å². The van der Waals surface area contributed by atoms with Crippen molar-refractivity contribution in [3.8, 4) is 0 Å². The smallest absolute Gasteiger partial charge is 0.392 e. The lowest BCUT2D eigenvalue weighted by Gasteiger charge is -2.39. The summed E-state index contributed by atoms with van der Waals surface area (Å²) in [4.78, 5) is 62.5. The summed E-state index contributed by atoms with van der Waals surface area (Å²) in [6.45, 7) is 11.3. The fraction of sp³-hybridized carbons (Fsp3) is 0.346. The highest BCUT2D eigenvalue weighted by Gasteiger charge is 2.44. The van der Waals surface area contributed by atoms with Gasteiger partial charge in [-0.1, -0.05) is 47.5 Å². The predicted octanol–water partition coefficient (Wildman–Crippen LogP) is 8.71. The lowest BCUT2D eigenvalue weighted by Crippen LogP contribution is -2.46. The molecular formula is C52H54Cl2F2N14O6. The number of carbonyl (C=O) groups excluding carboxylic acids is 2. The maximum Gasteiger partial charge on any atom is 0.434 e. The molecule has 0 aliphatic carbocycles. The van der Waals surface area contributed by atoms with E-state index in [9.17, 15) is 28.0 Å². The summed E-state index contributed by atoms with van der Waals surface area (Å²) in [7, 11) is 0. The second-order valence-electron chi connectivity index (χ2n) is 20.0. The molecule has 24 heteroatoms. The van der Waals surface area contributed by atoms with Gasteiger partial charge in [0.05, 0.1) is 43.2 Å². The van der Waals surface area contributed by atoms with Gasteiger partial charge < -0.3 is 29.3 Å². The molecule has 0 saturated carbocycles. The van der Waals surface area contributed by atoms with E-state index in [2.05, 4.69) is 67.1 Å². The fourth-order valence-corrected chi connectivity index (χ4v) is 9.98. The standard InChI is InChI=1S/C28H31ClFN7O3.C24H23ClFN7O3/c1-17-15-22(37(35-17)27(2,3)4)32-21-10-5-7-18(31-21)16-28(25-33-34-26(39)40-25)11-13-36(14-12-28)24(38)19-8-6-9-20(29)23(19)30;1-14-12-19(30-29-14)28-18-7-2-4-15(27-18)13-24(22-31-32-23(35)36-22)8-10-33(11-9-24)21(34)16-5-3-6-17(25)20(16)26/h5-10,15H,11-14,16H2,1-4H3,(H,31,32)(H,34,39);2-7,12H,8-11,13H2,1H3,(H,32,35)(H2,27,28,29,30). The van der Waals surface area contributed by atoms with Crippen molar-refractivity contribution in [2.75, 3.05) is 36.8 Å². The molecule has 2 fully saturated rings. The van der Waals surface area contributed by atoms with Crippen LogP contribution in [-0.2, 0) is 29.2 Å². The number of H-pyrrole nitrogens is 3. The summed E-state index contributed by atoms with van der Waals surface area (Å²) in [5.41, 5.74) is 1.56. The molecule has 2 aliphatic heterocycles. The molecule has 20 nitrogen and oxygen atoms in total. The molecule has 0 spiro atoms. The van der Waals surface area contributed by atoms with Crippen LogP contribution in [0, 0.1) is 25.5 Å². The third-order valence-corrected chi connectivity index (χ3v) is 14.1. The molecule has 8 aromatic rings. The Morgan fingerprint density at radius 3 is 1.53 bits per heavy atom. The molecule has 2 amide bonds. The van der Waals surface area contributed by atoms with E-state index >= 15 is 0 Å². The zero-order valence-electron chi connectivity index (χ0n) is 42.1. The highest BCUT2D eigenvalue weighted by molar-refractivity contribution is 6.31. The third kappa shape index (κ3) is 11.6. The number of aromatic nitrogens is 10. The quantitative estimate of drug-likeness (QED) is 0.0767. The number of halogens is 4. The van der Waals surface area contributed by atoms with E-state index in [0.29, 0.717) is 82.2 Å². The highest BCUT2D eigenvalue weighted by atomic mass is 35.5. The largest absolute Gasteiger partial charge is 0.434 e. The number of amides is 2. The van der Waals surface area contributed by atoms with E-state index in [4.69, 9.17) is 42.0 Å². The van der Waals surface area contributed by atoms with Crippen molar-refractivity contribution >= 4 is 58.3 Å². The van der Waals surface area contributed by atoms with Crippen LogP contribution in [0.15, 0.2) is 103 Å². The minimum Gasteiger partial charge on any atom is -0.392 e. The van der Waals surface area contributed by atoms with Gasteiger partial charge in [-0.25, -0.2) is 43.2 Å². The first-order valence-corrected chi connectivity index (χ1v) is 25.2. The molecule has 0 bridgehead atoms. The molecule has 76 heavy (non-hydrogen) atoms. The summed E-state index contributed by atoms with van der Waals surface area (Å²) >= 11 is 11.8. The number of nitrogens with zero attached hydrogens (tertiary/aromatic N) is 9. The van der Waals surface area contributed by atoms with Crippen molar-refractivity contribution in [2.45, 2.75) is 89.5 Å². The van der Waals surface area contributed by atoms with Crippen molar-refractivity contribution in [3.63, 3.8) is 0 Å². The van der Waals surface area contributed by atoms with Crippen molar-refractivity contribution in [1.82, 2.24) is 60.1 Å². The monoisotopic (exact) mass is 1080 g/mol. The third-order valence-electron chi connectivity index (χ3n) is 13.5. The molecule has 5 N–H and O–H groups in total. The number of likely N-dealkylation sites (tertiary alicyclic amines) is 2. The van der Waals surface area contributed by atoms with Crippen molar-refractivity contribution < 1.29 is 27.2 Å². The van der Waals surface area contributed by atoms with Gasteiger partial charge in [0.1, 0.15) is 17.5 Å². The molecule has 2 aromatic carbocycles. The first-order valence-electron chi connectivity index (χ1n) is 24.4. The average Bonchev–Trinajstić information content (AvgIpc) is 4.22. The molecule has 396 valence electrons. The summed E-state index contributed by atoms with van der Waals surface area (Å²) < 4.78 is 41.7. The number of aryl methyl sites for hydroxylation is 2. The lowest BCUT2D eigenvalue weighted by atomic mass is 9.74. The van der Waals surface area contributed by atoms with E-state index in [1.807, 2.05) is 67.1 Å². The van der Waals surface area contributed by atoms with Crippen LogP contribution in [0.5, 0.6) is 0 Å². The van der Waals surface area contributed by atoms with Crippen LogP contribution >= 0.6 is 23.2 Å². The molecule has 10 rings (SSSR count). The first-order chi connectivity index (χ1) is 36.3. The van der Waals surface area contributed by atoms with Gasteiger partial charge in [0.25, 0.3) is 11.8 Å². The number of benzene rings is 2. The Balaban J connectivity index is 0.000000187. The number of anilines is 4. The molecular weight excluding hydrogens is 1030 g/mol. The Bertz CT molecular complexity index is 3510. The molecule has 0 unspecified atom stereocenters. The molecule has 8 heterocycles. The van der Waals surface area contributed by atoms with Crippen molar-refractivity contribution in [3.05, 3.63) is 173 Å². The van der Waals surface area contributed by atoms with E-state index < -0.39 is 45.8 Å². The Morgan fingerprint density at radius 2 is 1.11 bits per heavy atom. The minimum absolute atomic E-state index is 0.0727. The Hall–Kier alpha value is -7.98. The molecule has 0 atom stereocenters. The number of nitrogens with one attached hydrogen (secondary N) is 5. The number of hydrogen-bond acceptors (Lipinski definition) is 14. The summed E-state index contributed by atoms with van der Waals surface area (Å²) in [6.07, 6.45) is 2.58. The second-order valence-corrected chi connectivity index (χ2v) is 20.8. The topological polar surface area (TPSA) is 255 Å². The Kier molecular flexibility index (Phi) is 15.1. The van der Waals surface area contributed by atoms with Crippen LogP contribution < -0.4 is 22.1 Å². The zero-order chi connectivity index (χ0) is 53.9. The molecule has 2 aliphatic rings. The SMILES string of the molecule is Cc1cc(Nc2cccc(CC3(c4n[nH]c(=O)o4)CCN(C(=O)c4cccc(Cl)c4F)CC3)n2)n(C(C)(C)C)n1.Cc1cc(Nc2cccc(CC3(c4n[nH]c(=O)o4)CCN(C(=O)c4cccc(Cl)c4F)CC3)n2)n[nH]1. The number of rotatable bonds is 12. The maximum absolute atomic E-state index is 14.5. The summed E-state index contributed by atoms with van der Waals surface area (Å²) in [5.74, 6) is -0.403. The summed E-state index contributed by atoms with van der Waals surface area (Å²) in [6, 6.07) is 23.8. The number of pyridine rings is 2. The van der Waals surface area contributed by atoms with Crippen LogP contribution in [0.2, 0.25) is 10.0 Å². The van der Waals surface area contributed by atoms with Crippen LogP contribution in [-0.4, -0.2) is 98.1 Å². The van der Waals surface area contributed by atoms with Gasteiger partial charge in [0.2, 0.25) is 11.8 Å². The normalized spacial score (nSPS) is 15.2. The molecule has 0 radical (unpaired) electrons. The fourth-order valence-electron chi connectivity index (χ4n) is 9.63. The number of aromatic amines is 3. The van der Waals surface area contributed by atoms with Gasteiger partial charge in [-0.05, 0) is 109 Å². The van der Waals surface area contributed by atoms with Gasteiger partial charge in [-0.2, -0.15) is 10.2 Å². The van der Waals surface area contributed by atoms with Crippen molar-refractivity contribution in [2.24, 2.45) is 0 Å². The summed E-state index contributed by atoms with van der Waals surface area (Å²) in [5, 5.41) is 30.9. The van der Waals surface area contributed by atoms with E-state index in [0.717, 1.165) is 28.6 Å². The first kappa shape index (κ1) is 52.9. The van der Waals surface area contributed by atoms with Gasteiger partial charge in [-0.15, -0.1) is 10.2 Å². The minimum atomic E-state index is -0.736. The zero-order valence-corrected chi connectivity index (χ0v) is 43.7. The van der Waals surface area contributed by atoms with Crippen LogP contribution in [0.3, 0.4) is 0 Å². The van der Waals surface area contributed by atoms with E-state index in [1.54, 1.807) is 21.9 Å². The van der Waals surface area contributed by atoms with E-state index in [1.165, 1.54) is 24.3 Å². The maximum atomic E-state index is 14.5. The van der Waals surface area contributed by atoms with Gasteiger partial charge in [-0.3, -0.25) is 14.7 Å². The average molecular weight is 1080 g/mol. The van der Waals surface area contributed by atoms with Crippen LogP contribution in [0.4, 0.5) is 32.1 Å². The Morgan fingerprint density at radius 1 is 0.645 bits per heavy atom. The second kappa shape index (κ2) is 21.7. The van der Waals surface area contributed by atoms with Gasteiger partial charge in [0, 0.05) is 68.2 Å². The van der Waals surface area contributed by atoms with Crippen molar-refractivity contribution in [1.29, 1.82) is 0 Å². The lowest BCUT2D eigenvalue weighted by molar-refractivity contribution is 0.0629. The van der Waals surface area contributed by atoms with Gasteiger partial charge in [0.15, 0.2) is 17.5 Å². The Labute approximate surface area is 443 Å². The number of carbonyl (C=O) groups is 2. The molecule has 2 saturated heterocycles. The van der Waals surface area contributed by atoms with E-state index in [-0.39, 0.29) is 38.5 Å². The number of piperidine rings is 2. The highest BCUT2D eigenvalue weighted by Crippen LogP contribution is 2.40. The number of hydrogen-bond donors (Lipinski definition) is 5. The predicted molar refractivity (Wildman–Crippen MR) is 278 cm³/mol. The van der Waals surface area contributed by atoms with Crippen LogP contribution in [0.25, 0.3) is 0 Å².